The number of rotatable bonds is 4. The third-order valence-electron chi connectivity index (χ3n) is 2.58. The van der Waals surface area contributed by atoms with E-state index in [1.165, 1.54) is 10.8 Å². The summed E-state index contributed by atoms with van der Waals surface area (Å²) in [7, 11) is 0. The molecular weight excluding hydrogens is 254 g/mol. The summed E-state index contributed by atoms with van der Waals surface area (Å²) in [6.07, 6.45) is 2.99. The first-order chi connectivity index (χ1) is 9.74. The fourth-order valence-electron chi connectivity index (χ4n) is 1.69. The third kappa shape index (κ3) is 3.09. The quantitative estimate of drug-likeness (QED) is 0.855. The first-order valence-electron chi connectivity index (χ1n) is 6.05. The highest BCUT2D eigenvalue weighted by Gasteiger charge is 2.14. The molecule has 0 aliphatic heterocycles. The van der Waals surface area contributed by atoms with E-state index in [1.807, 2.05) is 36.4 Å². The zero-order chi connectivity index (χ0) is 14.4. The number of nitrogens with one attached hydrogen (secondary N) is 1. The van der Waals surface area contributed by atoms with Gasteiger partial charge >= 0.3 is 0 Å². The Bertz CT molecular complexity index is 667. The van der Waals surface area contributed by atoms with Gasteiger partial charge in [-0.3, -0.25) is 4.79 Å². The molecule has 2 aromatic rings. The normalized spacial score (nSPS) is 10.4. The molecule has 2 rings (SSSR count). The maximum Gasteiger partial charge on any atom is 0.249 e. The standard InChI is InChI=1S/C14H13N5O/c1-2-6-13(20)16-14-12(9-15)17-18-19(14)10-11-7-4-3-5-8-11/h2-8H,10H2,1H3,(H,16,20)/b6-2+. The van der Waals surface area contributed by atoms with E-state index in [2.05, 4.69) is 15.6 Å². The Morgan fingerprint density at radius 2 is 2.20 bits per heavy atom. The van der Waals surface area contributed by atoms with Gasteiger partial charge in [-0.25, -0.2) is 4.68 Å². The lowest BCUT2D eigenvalue weighted by Crippen LogP contribution is -2.14. The number of anilines is 1. The van der Waals surface area contributed by atoms with Crippen LogP contribution in [0.15, 0.2) is 42.5 Å². The maximum absolute atomic E-state index is 11.6. The van der Waals surface area contributed by atoms with E-state index < -0.39 is 0 Å². The van der Waals surface area contributed by atoms with Gasteiger partial charge in [-0.2, -0.15) is 5.26 Å². The van der Waals surface area contributed by atoms with Crippen molar-refractivity contribution in [1.29, 1.82) is 5.26 Å². The molecule has 6 nitrogen and oxygen atoms in total. The highest BCUT2D eigenvalue weighted by Crippen LogP contribution is 2.13. The molecule has 0 spiro atoms. The predicted octanol–water partition coefficient (Wildman–Crippen LogP) is 1.71. The lowest BCUT2D eigenvalue weighted by molar-refractivity contribution is -0.112. The Balaban J connectivity index is 2.28. The van der Waals surface area contributed by atoms with Crippen molar-refractivity contribution >= 4 is 11.7 Å². The van der Waals surface area contributed by atoms with Gasteiger partial charge in [0.15, 0.2) is 5.82 Å². The third-order valence-corrected chi connectivity index (χ3v) is 2.58. The van der Waals surface area contributed by atoms with Gasteiger partial charge in [-0.15, -0.1) is 5.10 Å². The Morgan fingerprint density at radius 1 is 1.45 bits per heavy atom. The molecular formula is C14H13N5O. The molecule has 0 aliphatic carbocycles. The van der Waals surface area contributed by atoms with Crippen LogP contribution in [0.4, 0.5) is 5.82 Å². The number of allylic oxidation sites excluding steroid dienone is 1. The van der Waals surface area contributed by atoms with E-state index in [-0.39, 0.29) is 11.6 Å². The SMILES string of the molecule is C/C=C/C(=O)Nc1c(C#N)nnn1Cc1ccccc1. The summed E-state index contributed by atoms with van der Waals surface area (Å²) in [4.78, 5) is 11.6. The van der Waals surface area contributed by atoms with Crippen molar-refractivity contribution in [3.05, 3.63) is 53.7 Å². The van der Waals surface area contributed by atoms with E-state index in [0.717, 1.165) is 5.56 Å². The molecule has 0 radical (unpaired) electrons. The van der Waals surface area contributed by atoms with E-state index in [4.69, 9.17) is 5.26 Å². The number of aromatic nitrogens is 3. The van der Waals surface area contributed by atoms with Crippen molar-refractivity contribution in [3.63, 3.8) is 0 Å². The van der Waals surface area contributed by atoms with Gasteiger partial charge in [0.05, 0.1) is 6.54 Å². The monoisotopic (exact) mass is 267 g/mol. The molecule has 20 heavy (non-hydrogen) atoms. The zero-order valence-electron chi connectivity index (χ0n) is 10.9. The van der Waals surface area contributed by atoms with Crippen molar-refractivity contribution in [1.82, 2.24) is 15.0 Å². The van der Waals surface area contributed by atoms with E-state index in [9.17, 15) is 4.79 Å². The Morgan fingerprint density at radius 3 is 2.85 bits per heavy atom. The molecule has 100 valence electrons. The van der Waals surface area contributed by atoms with Crippen LogP contribution in [0.1, 0.15) is 18.2 Å². The van der Waals surface area contributed by atoms with Gasteiger partial charge in [0.2, 0.25) is 11.6 Å². The van der Waals surface area contributed by atoms with Crippen LogP contribution in [-0.4, -0.2) is 20.9 Å². The predicted molar refractivity (Wildman–Crippen MR) is 73.7 cm³/mol. The highest BCUT2D eigenvalue weighted by molar-refractivity contribution is 5.99. The second-order valence-electron chi connectivity index (χ2n) is 4.03. The van der Waals surface area contributed by atoms with Crippen LogP contribution in [0.25, 0.3) is 0 Å². The van der Waals surface area contributed by atoms with Crippen molar-refractivity contribution < 1.29 is 4.79 Å². The summed E-state index contributed by atoms with van der Waals surface area (Å²) in [5, 5.41) is 19.3. The zero-order valence-corrected chi connectivity index (χ0v) is 10.9. The number of benzene rings is 1. The fourth-order valence-corrected chi connectivity index (χ4v) is 1.69. The van der Waals surface area contributed by atoms with Gasteiger partial charge in [-0.05, 0) is 18.6 Å². The van der Waals surface area contributed by atoms with Crippen LogP contribution in [0, 0.1) is 11.3 Å². The topological polar surface area (TPSA) is 83.6 Å². The molecule has 1 amide bonds. The molecule has 6 heteroatoms. The van der Waals surface area contributed by atoms with Crippen LogP contribution in [0.5, 0.6) is 0 Å². The van der Waals surface area contributed by atoms with Gasteiger partial charge in [0, 0.05) is 0 Å². The number of nitriles is 1. The molecule has 0 saturated carbocycles. The number of nitrogens with zero attached hydrogens (tertiary/aromatic N) is 4. The molecule has 0 bridgehead atoms. The molecule has 0 fully saturated rings. The molecule has 0 atom stereocenters. The first kappa shape index (κ1) is 13.5. The van der Waals surface area contributed by atoms with Gasteiger partial charge in [0.25, 0.3) is 0 Å². The lowest BCUT2D eigenvalue weighted by atomic mass is 10.2. The molecule has 1 aromatic heterocycles. The minimum Gasteiger partial charge on any atom is -0.305 e. The molecule has 1 heterocycles. The fraction of sp³-hybridized carbons (Fsp3) is 0.143. The average molecular weight is 267 g/mol. The minimum absolute atomic E-state index is 0.0961. The van der Waals surface area contributed by atoms with Crippen molar-refractivity contribution in [2.45, 2.75) is 13.5 Å². The van der Waals surface area contributed by atoms with E-state index >= 15 is 0 Å². The smallest absolute Gasteiger partial charge is 0.249 e. The highest BCUT2D eigenvalue weighted by atomic mass is 16.1. The Hall–Kier alpha value is -2.94. The van der Waals surface area contributed by atoms with Crippen molar-refractivity contribution in [3.8, 4) is 6.07 Å². The van der Waals surface area contributed by atoms with E-state index in [1.54, 1.807) is 13.0 Å². The van der Waals surface area contributed by atoms with Gasteiger partial charge in [-0.1, -0.05) is 41.6 Å². The number of hydrogen-bond donors (Lipinski definition) is 1. The van der Waals surface area contributed by atoms with Gasteiger partial charge in [0.1, 0.15) is 6.07 Å². The molecule has 1 aromatic carbocycles. The first-order valence-corrected chi connectivity index (χ1v) is 6.05. The van der Waals surface area contributed by atoms with Crippen LogP contribution < -0.4 is 5.32 Å². The Labute approximate surface area is 116 Å². The van der Waals surface area contributed by atoms with E-state index in [0.29, 0.717) is 12.4 Å². The largest absolute Gasteiger partial charge is 0.305 e. The molecule has 0 saturated heterocycles. The van der Waals surface area contributed by atoms with Crippen LogP contribution in [0.2, 0.25) is 0 Å². The summed E-state index contributed by atoms with van der Waals surface area (Å²) in [6, 6.07) is 11.5. The minimum atomic E-state index is -0.319. The lowest BCUT2D eigenvalue weighted by Gasteiger charge is -2.06. The summed E-state index contributed by atoms with van der Waals surface area (Å²) in [6.45, 7) is 2.17. The van der Waals surface area contributed by atoms with Crippen LogP contribution in [0.3, 0.4) is 0 Å². The summed E-state index contributed by atoms with van der Waals surface area (Å²) >= 11 is 0. The molecule has 0 unspecified atom stereocenters. The van der Waals surface area contributed by atoms with Crippen LogP contribution in [-0.2, 0) is 11.3 Å². The van der Waals surface area contributed by atoms with Crippen molar-refractivity contribution in [2.24, 2.45) is 0 Å². The molecule has 1 N–H and O–H groups in total. The van der Waals surface area contributed by atoms with Gasteiger partial charge < -0.3 is 5.32 Å². The second kappa shape index (κ2) is 6.29. The summed E-state index contributed by atoms with van der Waals surface area (Å²) in [5.41, 5.74) is 1.10. The summed E-state index contributed by atoms with van der Waals surface area (Å²) in [5.74, 6) is -0.0138. The number of carbonyl (C=O) groups is 1. The van der Waals surface area contributed by atoms with Crippen LogP contribution >= 0.6 is 0 Å². The molecule has 0 aliphatic rings. The van der Waals surface area contributed by atoms with Crippen molar-refractivity contribution in [2.75, 3.05) is 5.32 Å². The second-order valence-corrected chi connectivity index (χ2v) is 4.03. The average Bonchev–Trinajstić information content (AvgIpc) is 2.82. The Kier molecular flexibility index (Phi) is 4.24. The maximum atomic E-state index is 11.6. The summed E-state index contributed by atoms with van der Waals surface area (Å²) < 4.78 is 1.50. The number of hydrogen-bond acceptors (Lipinski definition) is 4. The number of amides is 1. The number of carbonyl (C=O) groups excluding carboxylic acids is 1.